The average molecular weight is 573 g/mol. The Kier molecular flexibility index (Phi) is 7.39. The van der Waals surface area contributed by atoms with Crippen LogP contribution in [0.5, 0.6) is 5.75 Å². The van der Waals surface area contributed by atoms with E-state index in [1.54, 1.807) is 36.4 Å². The summed E-state index contributed by atoms with van der Waals surface area (Å²) in [5.41, 5.74) is 2.13. The molecule has 0 unspecified atom stereocenters. The van der Waals surface area contributed by atoms with E-state index in [-0.39, 0.29) is 30.2 Å². The van der Waals surface area contributed by atoms with Crippen LogP contribution in [-0.4, -0.2) is 28.6 Å². The number of thioether (sulfide) groups is 1. The molecule has 3 amide bonds. The quantitative estimate of drug-likeness (QED) is 0.245. The maximum absolute atomic E-state index is 13.2. The number of imide groups is 1. The van der Waals surface area contributed by atoms with Crippen molar-refractivity contribution >= 4 is 67.3 Å². The Labute approximate surface area is 226 Å². The maximum Gasteiger partial charge on any atom is 0.293 e. The van der Waals surface area contributed by atoms with Crippen LogP contribution >= 0.6 is 27.7 Å². The molecule has 0 aromatic heterocycles. The summed E-state index contributed by atoms with van der Waals surface area (Å²) in [5, 5.41) is 4.59. The molecule has 1 heterocycles. The average Bonchev–Trinajstić information content (AvgIpc) is 3.16. The molecule has 0 atom stereocenters. The monoisotopic (exact) mass is 572 g/mol. The molecule has 0 spiro atoms. The molecule has 0 aliphatic carbocycles. The predicted molar refractivity (Wildman–Crippen MR) is 150 cm³/mol. The summed E-state index contributed by atoms with van der Waals surface area (Å²) in [5.74, 6) is -0.251. The molecule has 0 bridgehead atoms. The number of hydrogen-bond acceptors (Lipinski definition) is 5. The van der Waals surface area contributed by atoms with E-state index in [4.69, 9.17) is 4.74 Å². The van der Waals surface area contributed by atoms with Crippen LogP contribution in [0, 0.1) is 0 Å². The van der Waals surface area contributed by atoms with Crippen LogP contribution in [-0.2, 0) is 16.1 Å². The number of benzene rings is 4. The van der Waals surface area contributed by atoms with E-state index in [0.717, 1.165) is 32.6 Å². The SMILES string of the molecule is O=C(COc1ccc(Br)cc1/C=C1\SC(=O)N(Cc2ccc3ccccc3c2)C1=O)Nc1ccccc1. The fourth-order valence-electron chi connectivity index (χ4n) is 3.92. The van der Waals surface area contributed by atoms with Crippen LogP contribution in [0.15, 0.2) is 100 Å². The van der Waals surface area contributed by atoms with E-state index in [1.807, 2.05) is 60.7 Å². The summed E-state index contributed by atoms with van der Waals surface area (Å²) < 4.78 is 6.54. The third-order valence-electron chi connectivity index (χ3n) is 5.70. The zero-order chi connectivity index (χ0) is 25.8. The molecule has 4 aromatic carbocycles. The molecule has 4 aromatic rings. The number of hydrogen-bond donors (Lipinski definition) is 1. The number of amides is 3. The molecule has 8 heteroatoms. The number of nitrogens with zero attached hydrogens (tertiary/aromatic N) is 1. The van der Waals surface area contributed by atoms with Crippen molar-refractivity contribution < 1.29 is 19.1 Å². The number of carbonyl (C=O) groups is 3. The fourth-order valence-corrected chi connectivity index (χ4v) is 5.13. The van der Waals surface area contributed by atoms with Crippen LogP contribution < -0.4 is 10.1 Å². The zero-order valence-electron chi connectivity index (χ0n) is 19.5. The third-order valence-corrected chi connectivity index (χ3v) is 7.10. The second-order valence-corrected chi connectivity index (χ2v) is 10.2. The highest BCUT2D eigenvalue weighted by molar-refractivity contribution is 9.10. The van der Waals surface area contributed by atoms with Crippen LogP contribution in [0.3, 0.4) is 0 Å². The Balaban J connectivity index is 1.31. The van der Waals surface area contributed by atoms with Crippen molar-refractivity contribution in [1.29, 1.82) is 0 Å². The normalized spacial score (nSPS) is 14.4. The second kappa shape index (κ2) is 11.0. The van der Waals surface area contributed by atoms with Gasteiger partial charge in [-0.1, -0.05) is 70.5 Å². The number of para-hydroxylation sites is 1. The van der Waals surface area contributed by atoms with Gasteiger partial charge >= 0.3 is 0 Å². The maximum atomic E-state index is 13.2. The molecule has 1 saturated heterocycles. The topological polar surface area (TPSA) is 75.7 Å². The zero-order valence-corrected chi connectivity index (χ0v) is 21.9. The third kappa shape index (κ3) is 5.93. The lowest BCUT2D eigenvalue weighted by atomic mass is 10.1. The van der Waals surface area contributed by atoms with Gasteiger partial charge in [-0.3, -0.25) is 19.3 Å². The molecular formula is C29H21BrN2O4S. The summed E-state index contributed by atoms with van der Waals surface area (Å²) in [7, 11) is 0. The molecule has 37 heavy (non-hydrogen) atoms. The van der Waals surface area contributed by atoms with Crippen molar-refractivity contribution in [3.05, 3.63) is 112 Å². The van der Waals surface area contributed by atoms with Crippen molar-refractivity contribution in [2.75, 3.05) is 11.9 Å². The van der Waals surface area contributed by atoms with E-state index in [0.29, 0.717) is 21.9 Å². The largest absolute Gasteiger partial charge is 0.483 e. The number of anilines is 1. The first-order chi connectivity index (χ1) is 18.0. The summed E-state index contributed by atoms with van der Waals surface area (Å²) in [6.07, 6.45) is 1.63. The summed E-state index contributed by atoms with van der Waals surface area (Å²) in [6, 6.07) is 28.2. The van der Waals surface area contributed by atoms with Crippen LogP contribution in [0.4, 0.5) is 10.5 Å². The Hall–Kier alpha value is -3.88. The van der Waals surface area contributed by atoms with Crippen LogP contribution in [0.2, 0.25) is 0 Å². The fraction of sp³-hybridized carbons (Fsp3) is 0.0690. The summed E-state index contributed by atoms with van der Waals surface area (Å²) in [4.78, 5) is 39.7. The first-order valence-corrected chi connectivity index (χ1v) is 13.1. The van der Waals surface area contributed by atoms with Crippen molar-refractivity contribution in [1.82, 2.24) is 4.90 Å². The van der Waals surface area contributed by atoms with Gasteiger partial charge < -0.3 is 10.1 Å². The number of fused-ring (bicyclic) bond motifs is 1. The van der Waals surface area contributed by atoms with E-state index in [2.05, 4.69) is 21.2 Å². The minimum Gasteiger partial charge on any atom is -0.483 e. The predicted octanol–water partition coefficient (Wildman–Crippen LogP) is 6.86. The smallest absolute Gasteiger partial charge is 0.293 e. The second-order valence-electron chi connectivity index (χ2n) is 8.33. The first kappa shape index (κ1) is 24.8. The van der Waals surface area contributed by atoms with Gasteiger partial charge in [0, 0.05) is 15.7 Å². The van der Waals surface area contributed by atoms with Crippen molar-refractivity contribution in [2.24, 2.45) is 0 Å². The van der Waals surface area contributed by atoms with Crippen molar-refractivity contribution in [2.45, 2.75) is 6.54 Å². The molecular weight excluding hydrogens is 552 g/mol. The van der Waals surface area contributed by atoms with Crippen LogP contribution in [0.25, 0.3) is 16.8 Å². The van der Waals surface area contributed by atoms with E-state index >= 15 is 0 Å². The summed E-state index contributed by atoms with van der Waals surface area (Å²) in [6.45, 7) is -0.0187. The Morgan fingerprint density at radius 1 is 0.919 bits per heavy atom. The highest BCUT2D eigenvalue weighted by atomic mass is 79.9. The molecule has 5 rings (SSSR count). The summed E-state index contributed by atoms with van der Waals surface area (Å²) >= 11 is 4.33. The minimum atomic E-state index is -0.365. The van der Waals surface area contributed by atoms with Crippen LogP contribution in [0.1, 0.15) is 11.1 Å². The number of carbonyl (C=O) groups excluding carboxylic acids is 3. The molecule has 184 valence electrons. The van der Waals surface area contributed by atoms with E-state index < -0.39 is 0 Å². The lowest BCUT2D eigenvalue weighted by Gasteiger charge is -2.13. The minimum absolute atomic E-state index is 0.189. The van der Waals surface area contributed by atoms with Gasteiger partial charge in [-0.05, 0) is 70.6 Å². The number of nitrogens with one attached hydrogen (secondary N) is 1. The van der Waals surface area contributed by atoms with Gasteiger partial charge in [-0.25, -0.2) is 0 Å². The Bertz CT molecular complexity index is 1540. The molecule has 1 aliphatic heterocycles. The Morgan fingerprint density at radius 3 is 2.49 bits per heavy atom. The lowest BCUT2D eigenvalue weighted by molar-refractivity contribution is -0.123. The number of rotatable bonds is 7. The van der Waals surface area contributed by atoms with Crippen molar-refractivity contribution in [3.63, 3.8) is 0 Å². The molecule has 6 nitrogen and oxygen atoms in total. The van der Waals surface area contributed by atoms with Gasteiger partial charge in [0.05, 0.1) is 11.4 Å². The van der Waals surface area contributed by atoms with Crippen molar-refractivity contribution in [3.8, 4) is 5.75 Å². The lowest BCUT2D eigenvalue weighted by Crippen LogP contribution is -2.27. The van der Waals surface area contributed by atoms with Gasteiger partial charge in [-0.15, -0.1) is 0 Å². The molecule has 1 N–H and O–H groups in total. The molecule has 1 aliphatic rings. The number of halogens is 1. The molecule has 1 fully saturated rings. The van der Waals surface area contributed by atoms with Gasteiger partial charge in [-0.2, -0.15) is 0 Å². The van der Waals surface area contributed by atoms with Gasteiger partial charge in [0.15, 0.2) is 6.61 Å². The standard InChI is InChI=1S/C29H21BrN2O4S/c30-23-12-13-25(36-18-27(33)31-24-8-2-1-3-9-24)22(15-23)16-26-28(34)32(29(35)37-26)17-19-10-11-20-6-4-5-7-21(20)14-19/h1-16H,17-18H2,(H,31,33)/b26-16-. The number of ether oxygens (including phenoxy) is 1. The van der Waals surface area contributed by atoms with Gasteiger partial charge in [0.25, 0.3) is 17.1 Å². The first-order valence-electron chi connectivity index (χ1n) is 11.5. The van der Waals surface area contributed by atoms with E-state index in [1.165, 1.54) is 4.90 Å². The highest BCUT2D eigenvalue weighted by Gasteiger charge is 2.35. The molecule has 0 radical (unpaired) electrons. The van der Waals surface area contributed by atoms with Gasteiger partial charge in [0.2, 0.25) is 0 Å². The van der Waals surface area contributed by atoms with Gasteiger partial charge in [0.1, 0.15) is 5.75 Å². The Morgan fingerprint density at radius 2 is 1.68 bits per heavy atom. The van der Waals surface area contributed by atoms with E-state index in [9.17, 15) is 14.4 Å². The highest BCUT2D eigenvalue weighted by Crippen LogP contribution is 2.36. The molecule has 0 saturated carbocycles.